The quantitative estimate of drug-likeness (QED) is 0.169. The van der Waals surface area contributed by atoms with Crippen LogP contribution in [-0.4, -0.2) is 56.8 Å². The van der Waals surface area contributed by atoms with Crippen LogP contribution in [0.25, 0.3) is 5.69 Å². The molecule has 2 amide bonds. The number of amides is 2. The van der Waals surface area contributed by atoms with Crippen LogP contribution < -0.4 is 14.8 Å². The Morgan fingerprint density at radius 2 is 1.56 bits per heavy atom. The largest absolute Gasteiger partial charge is 0.497 e. The first kappa shape index (κ1) is 32.4. The minimum atomic E-state index is -0.449. The molecule has 0 spiro atoms. The minimum Gasteiger partial charge on any atom is -0.497 e. The number of para-hydroxylation sites is 1. The lowest BCUT2D eigenvalue weighted by Crippen LogP contribution is -2.29. The summed E-state index contributed by atoms with van der Waals surface area (Å²) in [6.45, 7) is -0.195. The van der Waals surface area contributed by atoms with Crippen LogP contribution in [0.4, 0.5) is 8.78 Å². The van der Waals surface area contributed by atoms with Crippen LogP contribution in [0.3, 0.4) is 0 Å². The molecule has 1 atom stereocenters. The van der Waals surface area contributed by atoms with Gasteiger partial charge in [0.25, 0.3) is 11.8 Å². The molecule has 0 radical (unpaired) electrons. The molecule has 13 heteroatoms. The summed E-state index contributed by atoms with van der Waals surface area (Å²) < 4.78 is 40.0. The van der Waals surface area contributed by atoms with Crippen LogP contribution >= 0.6 is 11.8 Å². The van der Waals surface area contributed by atoms with Crippen molar-refractivity contribution in [1.82, 2.24) is 25.1 Å². The third-order valence-electron chi connectivity index (χ3n) is 7.51. The summed E-state index contributed by atoms with van der Waals surface area (Å²) in [5.74, 6) is 0.0886. The van der Waals surface area contributed by atoms with Crippen LogP contribution in [0, 0.1) is 11.6 Å². The SMILES string of the molecule is COc1ccc(C2=NN(C(=O)CSc3nnc(CNC(=O)COc4ccccc4)n3-c3ccc(F)cc3)[C@@H](c3ccc(F)cc3)C2)cc1. The number of ether oxygens (including phenoxy) is 2. The standard InChI is InChI=1S/C35H30F2N6O4S/c1-46-28-17-9-23(10-18-28)30-19-31(24-7-11-25(36)12-8-24)43(41-30)34(45)22-48-35-40-39-32(42(35)27-15-13-26(37)14-16-27)20-38-33(44)21-47-29-5-3-2-4-6-29/h2-18,31H,19-22H2,1H3,(H,38,44)/t31-/m1/s1. The maximum atomic E-state index is 13.8. The van der Waals surface area contributed by atoms with Gasteiger partial charge in [0.2, 0.25) is 0 Å². The van der Waals surface area contributed by atoms with E-state index in [4.69, 9.17) is 14.6 Å². The summed E-state index contributed by atoms with van der Waals surface area (Å²) in [6.07, 6.45) is 0.429. The predicted octanol–water partition coefficient (Wildman–Crippen LogP) is 5.72. The van der Waals surface area contributed by atoms with E-state index in [-0.39, 0.29) is 36.5 Å². The number of nitrogens with one attached hydrogen (secondary N) is 1. The van der Waals surface area contributed by atoms with Crippen molar-refractivity contribution in [2.75, 3.05) is 19.5 Å². The summed E-state index contributed by atoms with van der Waals surface area (Å²) in [4.78, 5) is 26.3. The number of carbonyl (C=O) groups excluding carboxylic acids is 2. The van der Waals surface area contributed by atoms with Crippen LogP contribution in [0.2, 0.25) is 0 Å². The molecule has 0 saturated carbocycles. The Labute approximate surface area is 279 Å². The van der Waals surface area contributed by atoms with Crippen molar-refractivity contribution in [3.63, 3.8) is 0 Å². The van der Waals surface area contributed by atoms with Gasteiger partial charge in [0.15, 0.2) is 17.6 Å². The third kappa shape index (κ3) is 7.69. The summed E-state index contributed by atoms with van der Waals surface area (Å²) in [7, 11) is 1.59. The number of carbonyl (C=O) groups is 2. The third-order valence-corrected chi connectivity index (χ3v) is 8.42. The second kappa shape index (κ2) is 14.9. The fraction of sp³-hybridized carbons (Fsp3) is 0.171. The monoisotopic (exact) mass is 668 g/mol. The lowest BCUT2D eigenvalue weighted by atomic mass is 9.98. The summed E-state index contributed by atoms with van der Waals surface area (Å²) in [5, 5.41) is 17.8. The minimum absolute atomic E-state index is 0.00411. The molecule has 48 heavy (non-hydrogen) atoms. The Kier molecular flexibility index (Phi) is 10.1. The Morgan fingerprint density at radius 3 is 2.25 bits per heavy atom. The Balaban J connectivity index is 1.20. The van der Waals surface area contributed by atoms with Gasteiger partial charge in [0.1, 0.15) is 23.1 Å². The van der Waals surface area contributed by atoms with Crippen LogP contribution in [0.15, 0.2) is 113 Å². The van der Waals surface area contributed by atoms with Gasteiger partial charge >= 0.3 is 0 Å². The molecule has 0 bridgehead atoms. The molecule has 0 aliphatic carbocycles. The Hall–Kier alpha value is -5.56. The summed E-state index contributed by atoms with van der Waals surface area (Å²) in [6, 6.07) is 27.7. The highest BCUT2D eigenvalue weighted by atomic mass is 32.2. The smallest absolute Gasteiger partial charge is 0.258 e. The molecular weight excluding hydrogens is 638 g/mol. The molecular formula is C35H30F2N6O4S. The number of thioether (sulfide) groups is 1. The number of benzene rings is 4. The van der Waals surface area contributed by atoms with Gasteiger partial charge in [0.05, 0.1) is 31.2 Å². The van der Waals surface area contributed by atoms with Crippen LogP contribution in [0.1, 0.15) is 29.4 Å². The molecule has 1 aliphatic heterocycles. The molecule has 1 N–H and O–H groups in total. The first-order valence-electron chi connectivity index (χ1n) is 14.9. The van der Waals surface area contributed by atoms with Crippen LogP contribution in [-0.2, 0) is 16.1 Å². The van der Waals surface area contributed by atoms with Crippen molar-refractivity contribution in [3.8, 4) is 17.2 Å². The second-order valence-corrected chi connectivity index (χ2v) is 11.6. The van der Waals surface area contributed by atoms with E-state index in [1.54, 1.807) is 60.2 Å². The van der Waals surface area contributed by atoms with Crippen molar-refractivity contribution >= 4 is 29.3 Å². The number of hydrogen-bond acceptors (Lipinski definition) is 8. The maximum absolute atomic E-state index is 13.8. The molecule has 6 rings (SSSR count). The Bertz CT molecular complexity index is 1900. The zero-order chi connectivity index (χ0) is 33.5. The highest BCUT2D eigenvalue weighted by Crippen LogP contribution is 2.34. The van der Waals surface area contributed by atoms with Gasteiger partial charge in [-0.2, -0.15) is 5.10 Å². The zero-order valence-corrected chi connectivity index (χ0v) is 26.6. The first-order chi connectivity index (χ1) is 23.4. The summed E-state index contributed by atoms with van der Waals surface area (Å²) >= 11 is 1.13. The number of nitrogens with zero attached hydrogens (tertiary/aromatic N) is 5. The van der Waals surface area contributed by atoms with Crippen LogP contribution in [0.5, 0.6) is 11.5 Å². The number of hydrogen-bond donors (Lipinski definition) is 1. The van der Waals surface area contributed by atoms with E-state index < -0.39 is 11.9 Å². The molecule has 244 valence electrons. The lowest BCUT2D eigenvalue weighted by Gasteiger charge is -2.22. The van der Waals surface area contributed by atoms with Crippen molar-refractivity contribution in [2.45, 2.75) is 24.2 Å². The maximum Gasteiger partial charge on any atom is 0.258 e. The number of methoxy groups -OCH3 is 1. The van der Waals surface area contributed by atoms with E-state index in [1.807, 2.05) is 30.3 Å². The van der Waals surface area contributed by atoms with Gasteiger partial charge in [-0.25, -0.2) is 13.8 Å². The van der Waals surface area contributed by atoms with E-state index in [9.17, 15) is 18.4 Å². The van der Waals surface area contributed by atoms with Crippen molar-refractivity contribution in [2.24, 2.45) is 5.10 Å². The zero-order valence-electron chi connectivity index (χ0n) is 25.8. The fourth-order valence-electron chi connectivity index (χ4n) is 5.09. The molecule has 1 aromatic heterocycles. The predicted molar refractivity (Wildman–Crippen MR) is 176 cm³/mol. The number of halogens is 2. The second-order valence-electron chi connectivity index (χ2n) is 10.7. The van der Waals surface area contributed by atoms with Crippen molar-refractivity contribution in [1.29, 1.82) is 0 Å². The van der Waals surface area contributed by atoms with Gasteiger partial charge in [-0.3, -0.25) is 14.2 Å². The highest BCUT2D eigenvalue weighted by Gasteiger charge is 2.33. The lowest BCUT2D eigenvalue weighted by molar-refractivity contribution is -0.130. The molecule has 2 heterocycles. The van der Waals surface area contributed by atoms with E-state index in [2.05, 4.69) is 15.5 Å². The fourth-order valence-corrected chi connectivity index (χ4v) is 5.91. The molecule has 1 aliphatic rings. The van der Waals surface area contributed by atoms with Gasteiger partial charge in [-0.1, -0.05) is 42.1 Å². The topological polar surface area (TPSA) is 111 Å². The van der Waals surface area contributed by atoms with E-state index in [1.165, 1.54) is 29.3 Å². The number of hydrazone groups is 1. The van der Waals surface area contributed by atoms with Gasteiger partial charge in [-0.15, -0.1) is 10.2 Å². The normalized spacial score (nSPS) is 14.0. The van der Waals surface area contributed by atoms with Gasteiger partial charge in [0, 0.05) is 12.1 Å². The van der Waals surface area contributed by atoms with Gasteiger partial charge < -0.3 is 14.8 Å². The number of rotatable bonds is 12. The summed E-state index contributed by atoms with van der Waals surface area (Å²) in [5.41, 5.74) is 2.83. The van der Waals surface area contributed by atoms with E-state index >= 15 is 0 Å². The molecule has 0 unspecified atom stereocenters. The van der Waals surface area contributed by atoms with Gasteiger partial charge in [-0.05, 0) is 83.9 Å². The average molecular weight is 669 g/mol. The first-order valence-corrected chi connectivity index (χ1v) is 15.9. The van der Waals surface area contributed by atoms with E-state index in [0.717, 1.165) is 22.9 Å². The number of aromatic nitrogens is 3. The van der Waals surface area contributed by atoms with Crippen molar-refractivity contribution in [3.05, 3.63) is 132 Å². The molecule has 0 fully saturated rings. The highest BCUT2D eigenvalue weighted by molar-refractivity contribution is 7.99. The van der Waals surface area contributed by atoms with E-state index in [0.29, 0.717) is 40.3 Å². The molecule has 10 nitrogen and oxygen atoms in total. The average Bonchev–Trinajstić information content (AvgIpc) is 3.75. The molecule has 4 aromatic carbocycles. The molecule has 5 aromatic rings. The van der Waals surface area contributed by atoms with Crippen molar-refractivity contribution < 1.29 is 27.8 Å². The molecule has 0 saturated heterocycles. The Morgan fingerprint density at radius 1 is 0.875 bits per heavy atom.